The van der Waals surface area contributed by atoms with Gasteiger partial charge in [0.05, 0.1) is 23.9 Å². The SMILES string of the molecule is Cc1cc(C)cc(N(CCC#N)C(=O)CSc2nnnn2-c2cc(C)ccc2C)c1. The number of anilines is 1. The van der Waals surface area contributed by atoms with Gasteiger partial charge in [-0.25, -0.2) is 0 Å². The number of thioether (sulfide) groups is 1. The number of aromatic nitrogens is 4. The van der Waals surface area contributed by atoms with Crippen molar-refractivity contribution in [2.75, 3.05) is 17.2 Å². The number of aryl methyl sites for hydroxylation is 4. The molecular formula is C22H24N6OS. The summed E-state index contributed by atoms with van der Waals surface area (Å²) in [5, 5.41) is 21.6. The Morgan fingerprint density at radius 3 is 2.53 bits per heavy atom. The number of carbonyl (C=O) groups is 1. The van der Waals surface area contributed by atoms with E-state index in [1.807, 2.05) is 58.0 Å². The summed E-state index contributed by atoms with van der Waals surface area (Å²) < 4.78 is 1.66. The van der Waals surface area contributed by atoms with E-state index < -0.39 is 0 Å². The number of tetrazole rings is 1. The zero-order valence-corrected chi connectivity index (χ0v) is 18.4. The first-order chi connectivity index (χ1) is 14.4. The molecular weight excluding hydrogens is 396 g/mol. The van der Waals surface area contributed by atoms with E-state index in [9.17, 15) is 4.79 Å². The van der Waals surface area contributed by atoms with Crippen LogP contribution in [0, 0.1) is 39.0 Å². The maximum absolute atomic E-state index is 13.1. The molecule has 3 rings (SSSR count). The van der Waals surface area contributed by atoms with E-state index in [1.54, 1.807) is 9.58 Å². The van der Waals surface area contributed by atoms with E-state index in [0.29, 0.717) is 11.7 Å². The maximum atomic E-state index is 13.1. The minimum atomic E-state index is -0.0873. The van der Waals surface area contributed by atoms with Crippen molar-refractivity contribution in [3.8, 4) is 11.8 Å². The number of amides is 1. The molecule has 0 bridgehead atoms. The lowest BCUT2D eigenvalue weighted by Gasteiger charge is -2.22. The van der Waals surface area contributed by atoms with Gasteiger partial charge in [-0.2, -0.15) is 9.94 Å². The number of nitrogens with zero attached hydrogens (tertiary/aromatic N) is 6. The van der Waals surface area contributed by atoms with Crippen molar-refractivity contribution in [1.29, 1.82) is 5.26 Å². The molecule has 7 nitrogen and oxygen atoms in total. The zero-order valence-electron chi connectivity index (χ0n) is 17.6. The second kappa shape index (κ2) is 9.55. The highest BCUT2D eigenvalue weighted by atomic mass is 32.2. The maximum Gasteiger partial charge on any atom is 0.237 e. The molecule has 1 amide bonds. The summed E-state index contributed by atoms with van der Waals surface area (Å²) in [6.07, 6.45) is 0.267. The van der Waals surface area contributed by atoms with Gasteiger partial charge in [0.2, 0.25) is 11.1 Å². The van der Waals surface area contributed by atoms with Gasteiger partial charge in [-0.15, -0.1) is 5.10 Å². The lowest BCUT2D eigenvalue weighted by atomic mass is 10.1. The van der Waals surface area contributed by atoms with Crippen molar-refractivity contribution in [2.24, 2.45) is 0 Å². The second-order valence-corrected chi connectivity index (χ2v) is 8.19. The van der Waals surface area contributed by atoms with E-state index in [-0.39, 0.29) is 18.1 Å². The van der Waals surface area contributed by atoms with Crippen LogP contribution in [0.3, 0.4) is 0 Å². The molecule has 0 aliphatic heterocycles. The van der Waals surface area contributed by atoms with E-state index in [1.165, 1.54) is 11.8 Å². The predicted octanol–water partition coefficient (Wildman–Crippen LogP) is 3.93. The number of carbonyl (C=O) groups excluding carboxylic acids is 1. The summed E-state index contributed by atoms with van der Waals surface area (Å²) in [6, 6.07) is 14.2. The van der Waals surface area contributed by atoms with Crippen LogP contribution in [0.2, 0.25) is 0 Å². The monoisotopic (exact) mass is 420 g/mol. The highest BCUT2D eigenvalue weighted by molar-refractivity contribution is 7.99. The molecule has 2 aromatic carbocycles. The fourth-order valence-corrected chi connectivity index (χ4v) is 4.00. The molecule has 1 aromatic heterocycles. The van der Waals surface area contributed by atoms with Crippen LogP contribution in [0.15, 0.2) is 41.6 Å². The number of hydrogen-bond acceptors (Lipinski definition) is 6. The van der Waals surface area contributed by atoms with Gasteiger partial charge >= 0.3 is 0 Å². The Balaban J connectivity index is 1.80. The first-order valence-electron chi connectivity index (χ1n) is 9.63. The van der Waals surface area contributed by atoms with Crippen molar-refractivity contribution >= 4 is 23.4 Å². The molecule has 8 heteroatoms. The van der Waals surface area contributed by atoms with Crippen molar-refractivity contribution in [3.05, 3.63) is 58.7 Å². The fraction of sp³-hybridized carbons (Fsp3) is 0.318. The first-order valence-corrected chi connectivity index (χ1v) is 10.6. The summed E-state index contributed by atoms with van der Waals surface area (Å²) in [7, 11) is 0. The van der Waals surface area contributed by atoms with Crippen molar-refractivity contribution in [2.45, 2.75) is 39.3 Å². The molecule has 154 valence electrons. The number of rotatable bonds is 7. The number of benzene rings is 2. The van der Waals surface area contributed by atoms with Crippen molar-refractivity contribution in [1.82, 2.24) is 20.2 Å². The topological polar surface area (TPSA) is 87.7 Å². The Morgan fingerprint density at radius 1 is 1.10 bits per heavy atom. The normalized spacial score (nSPS) is 10.6. The van der Waals surface area contributed by atoms with Crippen molar-refractivity contribution < 1.29 is 4.79 Å². The quantitative estimate of drug-likeness (QED) is 0.538. The Kier molecular flexibility index (Phi) is 6.85. The zero-order chi connectivity index (χ0) is 21.7. The van der Waals surface area contributed by atoms with Crippen LogP contribution in [0.5, 0.6) is 0 Å². The third kappa shape index (κ3) is 5.05. The molecule has 30 heavy (non-hydrogen) atoms. The molecule has 0 unspecified atom stereocenters. The lowest BCUT2D eigenvalue weighted by Crippen LogP contribution is -2.33. The molecule has 0 aliphatic carbocycles. The van der Waals surface area contributed by atoms with Gasteiger partial charge in [0.15, 0.2) is 0 Å². The van der Waals surface area contributed by atoms with Gasteiger partial charge in [0.1, 0.15) is 0 Å². The Labute approximate surface area is 180 Å². The number of nitriles is 1. The van der Waals surface area contributed by atoms with Crippen LogP contribution < -0.4 is 4.90 Å². The van der Waals surface area contributed by atoms with Gasteiger partial charge in [-0.3, -0.25) is 4.79 Å². The van der Waals surface area contributed by atoms with Gasteiger partial charge < -0.3 is 4.90 Å². The second-order valence-electron chi connectivity index (χ2n) is 7.25. The standard InChI is InChI=1S/C22H24N6OS/c1-15-6-7-18(4)20(13-15)28-22(24-25-26-28)30-14-21(29)27(9-5-8-23)19-11-16(2)10-17(3)12-19/h6-7,10-13H,5,9,14H2,1-4H3. The predicted molar refractivity (Wildman–Crippen MR) is 118 cm³/mol. The Bertz CT molecular complexity index is 1080. The third-order valence-electron chi connectivity index (χ3n) is 4.62. The molecule has 0 saturated heterocycles. The average Bonchev–Trinajstić information content (AvgIpc) is 3.16. The van der Waals surface area contributed by atoms with Crippen LogP contribution in [0.4, 0.5) is 5.69 Å². The highest BCUT2D eigenvalue weighted by Crippen LogP contribution is 2.24. The van der Waals surface area contributed by atoms with Gasteiger partial charge in [-0.05, 0) is 78.6 Å². The molecule has 0 N–H and O–H groups in total. The van der Waals surface area contributed by atoms with Crippen LogP contribution in [0.1, 0.15) is 28.7 Å². The largest absolute Gasteiger partial charge is 0.311 e. The lowest BCUT2D eigenvalue weighted by molar-refractivity contribution is -0.116. The highest BCUT2D eigenvalue weighted by Gasteiger charge is 2.19. The molecule has 0 aliphatic rings. The van der Waals surface area contributed by atoms with Crippen molar-refractivity contribution in [3.63, 3.8) is 0 Å². The fourth-order valence-electron chi connectivity index (χ4n) is 3.24. The molecule has 0 saturated carbocycles. The summed E-state index contributed by atoms with van der Waals surface area (Å²) >= 11 is 1.29. The Morgan fingerprint density at radius 2 is 1.83 bits per heavy atom. The summed E-state index contributed by atoms with van der Waals surface area (Å²) in [5.41, 5.74) is 6.01. The minimum Gasteiger partial charge on any atom is -0.311 e. The average molecular weight is 421 g/mol. The van der Waals surface area contributed by atoms with E-state index >= 15 is 0 Å². The van der Waals surface area contributed by atoms with Crippen LogP contribution in [-0.4, -0.2) is 38.4 Å². The molecule has 0 fully saturated rings. The summed E-state index contributed by atoms with van der Waals surface area (Å²) in [6.45, 7) is 8.36. The van der Waals surface area contributed by atoms with Crippen LogP contribution in [0.25, 0.3) is 5.69 Å². The van der Waals surface area contributed by atoms with Crippen LogP contribution in [-0.2, 0) is 4.79 Å². The Hall–Kier alpha value is -3.18. The summed E-state index contributed by atoms with van der Waals surface area (Å²) in [4.78, 5) is 14.7. The van der Waals surface area contributed by atoms with E-state index in [2.05, 4.69) is 27.7 Å². The first kappa shape index (κ1) is 21.5. The number of hydrogen-bond donors (Lipinski definition) is 0. The van der Waals surface area contributed by atoms with E-state index in [0.717, 1.165) is 33.6 Å². The molecule has 3 aromatic rings. The molecule has 0 radical (unpaired) electrons. The minimum absolute atomic E-state index is 0.0873. The van der Waals surface area contributed by atoms with Crippen LogP contribution >= 0.6 is 11.8 Å². The smallest absolute Gasteiger partial charge is 0.237 e. The van der Waals surface area contributed by atoms with Gasteiger partial charge in [-0.1, -0.05) is 30.0 Å². The molecule has 0 spiro atoms. The molecule has 0 atom stereocenters. The third-order valence-corrected chi connectivity index (χ3v) is 5.53. The van der Waals surface area contributed by atoms with Gasteiger partial charge in [0, 0.05) is 12.2 Å². The molecule has 1 heterocycles. The summed E-state index contributed by atoms with van der Waals surface area (Å²) in [5.74, 6) is 0.0830. The van der Waals surface area contributed by atoms with E-state index in [4.69, 9.17) is 5.26 Å². The van der Waals surface area contributed by atoms with Gasteiger partial charge in [0.25, 0.3) is 0 Å².